The molecule has 17 heavy (non-hydrogen) atoms. The average molecular weight is 230 g/mol. The van der Waals surface area contributed by atoms with E-state index in [9.17, 15) is 9.59 Å². The van der Waals surface area contributed by atoms with Crippen LogP contribution in [0.15, 0.2) is 42.5 Å². The Hall–Kier alpha value is -2.56. The maximum absolute atomic E-state index is 11.2. The second-order valence-electron chi connectivity index (χ2n) is 3.36. The molecule has 0 saturated carbocycles. The fraction of sp³-hybridized carbons (Fsp3) is 0. The summed E-state index contributed by atoms with van der Waals surface area (Å²) in [6.45, 7) is 0. The van der Waals surface area contributed by atoms with Crippen LogP contribution in [0.1, 0.15) is 0 Å². The van der Waals surface area contributed by atoms with Gasteiger partial charge in [0.15, 0.2) is 0 Å². The first-order valence-corrected chi connectivity index (χ1v) is 4.93. The molecule has 0 aliphatic rings. The second kappa shape index (κ2) is 4.52. The molecule has 0 aromatic heterocycles. The molecule has 0 radical (unpaired) electrons. The van der Waals surface area contributed by atoms with Gasteiger partial charge < -0.3 is 10.5 Å². The van der Waals surface area contributed by atoms with Crippen molar-refractivity contribution in [2.24, 2.45) is 5.73 Å². The monoisotopic (exact) mass is 230 g/mol. The molecule has 0 aliphatic carbocycles. The van der Waals surface area contributed by atoms with Gasteiger partial charge in [-0.25, -0.2) is 14.9 Å². The van der Waals surface area contributed by atoms with Gasteiger partial charge in [-0.1, -0.05) is 36.4 Å². The van der Waals surface area contributed by atoms with Crippen LogP contribution in [0.5, 0.6) is 5.75 Å². The van der Waals surface area contributed by atoms with Crippen LogP contribution in [0.2, 0.25) is 0 Å². The Morgan fingerprint density at radius 3 is 2.53 bits per heavy atom. The lowest BCUT2D eigenvalue weighted by molar-refractivity contribution is 0.199. The van der Waals surface area contributed by atoms with Gasteiger partial charge in [-0.05, 0) is 11.5 Å². The maximum Gasteiger partial charge on any atom is 0.420 e. The summed E-state index contributed by atoms with van der Waals surface area (Å²) in [6, 6.07) is 11.8. The van der Waals surface area contributed by atoms with Crippen molar-refractivity contribution in [3.63, 3.8) is 0 Å². The number of primary amides is 1. The Balaban J connectivity index is 2.30. The second-order valence-corrected chi connectivity index (χ2v) is 3.36. The molecule has 0 unspecified atom stereocenters. The molecule has 3 amide bonds. The molecular weight excluding hydrogens is 220 g/mol. The average Bonchev–Trinajstić information content (AvgIpc) is 2.28. The van der Waals surface area contributed by atoms with Gasteiger partial charge in [0.05, 0.1) is 0 Å². The Kier molecular flexibility index (Phi) is 2.91. The van der Waals surface area contributed by atoms with Crippen LogP contribution in [0, 0.1) is 0 Å². The van der Waals surface area contributed by atoms with Crippen molar-refractivity contribution in [2.75, 3.05) is 0 Å². The van der Waals surface area contributed by atoms with Crippen molar-refractivity contribution < 1.29 is 14.3 Å². The molecule has 2 aromatic carbocycles. The number of carbonyl (C=O) groups excluding carboxylic acids is 2. The summed E-state index contributed by atoms with van der Waals surface area (Å²) in [5.41, 5.74) is 4.81. The van der Waals surface area contributed by atoms with Gasteiger partial charge in [0.2, 0.25) is 0 Å². The number of amides is 3. The number of urea groups is 1. The minimum Gasteiger partial charge on any atom is -0.409 e. The van der Waals surface area contributed by atoms with Crippen LogP contribution in [0.4, 0.5) is 9.59 Å². The number of carbonyl (C=O) groups is 2. The van der Waals surface area contributed by atoms with Crippen molar-refractivity contribution >= 4 is 22.9 Å². The molecule has 0 aliphatic heterocycles. The molecule has 3 N–H and O–H groups in total. The van der Waals surface area contributed by atoms with Gasteiger partial charge in [-0.2, -0.15) is 0 Å². The lowest BCUT2D eigenvalue weighted by atomic mass is 10.1. The Morgan fingerprint density at radius 1 is 1.06 bits per heavy atom. The quantitative estimate of drug-likeness (QED) is 0.786. The number of hydrogen-bond acceptors (Lipinski definition) is 3. The van der Waals surface area contributed by atoms with Crippen LogP contribution >= 0.6 is 0 Å². The van der Waals surface area contributed by atoms with Gasteiger partial charge in [-0.15, -0.1) is 0 Å². The topological polar surface area (TPSA) is 81.4 Å². The molecule has 5 heteroatoms. The summed E-state index contributed by atoms with van der Waals surface area (Å²) < 4.78 is 4.99. The maximum atomic E-state index is 11.2. The van der Waals surface area contributed by atoms with Crippen molar-refractivity contribution in [1.29, 1.82) is 0 Å². The van der Waals surface area contributed by atoms with E-state index < -0.39 is 12.1 Å². The third-order valence-electron chi connectivity index (χ3n) is 2.18. The minimum absolute atomic E-state index is 0.377. The number of ether oxygens (including phenoxy) is 1. The third-order valence-corrected chi connectivity index (χ3v) is 2.18. The minimum atomic E-state index is -0.949. The van der Waals surface area contributed by atoms with E-state index >= 15 is 0 Å². The summed E-state index contributed by atoms with van der Waals surface area (Å²) in [7, 11) is 0. The number of imide groups is 1. The molecule has 5 nitrogen and oxygen atoms in total. The molecule has 0 fully saturated rings. The normalized spacial score (nSPS) is 9.88. The molecule has 2 rings (SSSR count). The van der Waals surface area contributed by atoms with Crippen LogP contribution in [0.25, 0.3) is 10.8 Å². The van der Waals surface area contributed by atoms with E-state index in [1.54, 1.807) is 12.1 Å². The summed E-state index contributed by atoms with van der Waals surface area (Å²) in [4.78, 5) is 21.7. The van der Waals surface area contributed by atoms with Gasteiger partial charge in [0.1, 0.15) is 5.75 Å². The third kappa shape index (κ3) is 2.52. The molecule has 0 heterocycles. The van der Waals surface area contributed by atoms with Crippen LogP contribution in [-0.2, 0) is 0 Å². The van der Waals surface area contributed by atoms with Gasteiger partial charge in [-0.3, -0.25) is 0 Å². The van der Waals surface area contributed by atoms with Crippen molar-refractivity contribution in [2.45, 2.75) is 0 Å². The zero-order valence-corrected chi connectivity index (χ0v) is 8.84. The lowest BCUT2D eigenvalue weighted by Crippen LogP contribution is -2.36. The van der Waals surface area contributed by atoms with E-state index in [2.05, 4.69) is 0 Å². The molecule has 0 saturated heterocycles. The smallest absolute Gasteiger partial charge is 0.409 e. The standard InChI is InChI=1S/C12H10N2O3/c13-11(15)14-12(16)17-10-7-3-5-8-4-1-2-6-9(8)10/h1-7H,(H3,13,14,15,16). The fourth-order valence-electron chi connectivity index (χ4n) is 1.51. The van der Waals surface area contributed by atoms with E-state index in [1.807, 2.05) is 35.6 Å². The highest BCUT2D eigenvalue weighted by Crippen LogP contribution is 2.24. The Bertz CT molecular complexity index is 575. The number of hydrogen-bond donors (Lipinski definition) is 2. The van der Waals surface area contributed by atoms with E-state index in [-0.39, 0.29) is 0 Å². The highest BCUT2D eigenvalue weighted by Gasteiger charge is 2.08. The first-order chi connectivity index (χ1) is 8.16. The summed E-state index contributed by atoms with van der Waals surface area (Å²) in [6.07, 6.45) is -0.895. The molecule has 86 valence electrons. The van der Waals surface area contributed by atoms with Crippen molar-refractivity contribution in [1.82, 2.24) is 5.32 Å². The summed E-state index contributed by atoms with van der Waals surface area (Å²) >= 11 is 0. The van der Waals surface area contributed by atoms with E-state index in [4.69, 9.17) is 10.5 Å². The number of benzene rings is 2. The molecule has 0 spiro atoms. The fourth-order valence-corrected chi connectivity index (χ4v) is 1.51. The molecular formula is C12H10N2O3. The van der Waals surface area contributed by atoms with E-state index in [0.717, 1.165) is 10.8 Å². The predicted octanol–water partition coefficient (Wildman–Crippen LogP) is 2.01. The van der Waals surface area contributed by atoms with Gasteiger partial charge >= 0.3 is 12.1 Å². The first-order valence-electron chi connectivity index (χ1n) is 4.93. The first kappa shape index (κ1) is 10.9. The summed E-state index contributed by atoms with van der Waals surface area (Å²) in [5.74, 6) is 0.377. The molecule has 2 aromatic rings. The number of rotatable bonds is 1. The highest BCUT2D eigenvalue weighted by molar-refractivity contribution is 5.94. The Morgan fingerprint density at radius 2 is 1.76 bits per heavy atom. The van der Waals surface area contributed by atoms with Crippen LogP contribution < -0.4 is 15.8 Å². The number of nitrogens with two attached hydrogens (primary N) is 1. The van der Waals surface area contributed by atoms with Crippen LogP contribution in [0.3, 0.4) is 0 Å². The molecule has 0 atom stereocenters. The SMILES string of the molecule is NC(=O)NC(=O)Oc1cccc2ccccc12. The van der Waals surface area contributed by atoms with Crippen molar-refractivity contribution in [3.05, 3.63) is 42.5 Å². The predicted molar refractivity (Wildman–Crippen MR) is 62.7 cm³/mol. The number of nitrogens with one attached hydrogen (secondary N) is 1. The molecule has 0 bridgehead atoms. The van der Waals surface area contributed by atoms with Gasteiger partial charge in [0, 0.05) is 5.39 Å². The summed E-state index contributed by atoms with van der Waals surface area (Å²) in [5, 5.41) is 3.56. The highest BCUT2D eigenvalue weighted by atomic mass is 16.6. The number of fused-ring (bicyclic) bond motifs is 1. The lowest BCUT2D eigenvalue weighted by Gasteiger charge is -2.06. The zero-order chi connectivity index (χ0) is 12.3. The van der Waals surface area contributed by atoms with Gasteiger partial charge in [0.25, 0.3) is 0 Å². The van der Waals surface area contributed by atoms with E-state index in [0.29, 0.717) is 5.75 Å². The van der Waals surface area contributed by atoms with Crippen LogP contribution in [-0.4, -0.2) is 12.1 Å². The van der Waals surface area contributed by atoms with E-state index in [1.165, 1.54) is 0 Å². The Labute approximate surface area is 97.2 Å². The van der Waals surface area contributed by atoms with Crippen molar-refractivity contribution in [3.8, 4) is 5.75 Å². The zero-order valence-electron chi connectivity index (χ0n) is 8.84. The largest absolute Gasteiger partial charge is 0.420 e.